The van der Waals surface area contributed by atoms with Crippen LogP contribution < -0.4 is 5.73 Å². The Labute approximate surface area is 121 Å². The maximum atomic E-state index is 9.07. The van der Waals surface area contributed by atoms with Gasteiger partial charge in [-0.25, -0.2) is 0 Å². The monoisotopic (exact) mass is 272 g/mol. The van der Waals surface area contributed by atoms with E-state index >= 15 is 0 Å². The minimum atomic E-state index is 0.308. The van der Waals surface area contributed by atoms with Crippen molar-refractivity contribution in [2.24, 2.45) is 11.7 Å². The number of likely N-dealkylation sites (tertiary alicyclic amines) is 1. The van der Waals surface area contributed by atoms with Gasteiger partial charge in [0.25, 0.3) is 0 Å². The first kappa shape index (κ1) is 15.1. The van der Waals surface area contributed by atoms with E-state index in [4.69, 9.17) is 10.8 Å². The second kappa shape index (κ2) is 8.06. The van der Waals surface area contributed by atoms with Crippen molar-refractivity contribution in [1.29, 1.82) is 0 Å². The lowest BCUT2D eigenvalue weighted by molar-refractivity contribution is 0.142. The summed E-state index contributed by atoms with van der Waals surface area (Å²) in [5, 5.41) is 9.07. The summed E-state index contributed by atoms with van der Waals surface area (Å²) in [6, 6.07) is 8.39. The molecule has 1 aromatic rings. The summed E-state index contributed by atoms with van der Waals surface area (Å²) in [6.07, 6.45) is 3.41. The highest BCUT2D eigenvalue weighted by atomic mass is 16.3. The summed E-state index contributed by atoms with van der Waals surface area (Å²) in [4.78, 5) is 2.49. The molecule has 1 unspecified atom stereocenters. The Hall–Kier alpha value is -1.34. The van der Waals surface area contributed by atoms with Crippen LogP contribution in [-0.2, 0) is 6.54 Å². The van der Waals surface area contributed by atoms with E-state index in [0.717, 1.165) is 31.6 Å². The first-order valence-corrected chi connectivity index (χ1v) is 7.43. The van der Waals surface area contributed by atoms with Gasteiger partial charge in [-0.1, -0.05) is 24.0 Å². The lowest BCUT2D eigenvalue weighted by Crippen LogP contribution is -2.35. The number of piperidine rings is 1. The summed E-state index contributed by atoms with van der Waals surface area (Å²) >= 11 is 0. The van der Waals surface area contributed by atoms with Crippen molar-refractivity contribution in [2.45, 2.75) is 25.8 Å². The van der Waals surface area contributed by atoms with Crippen LogP contribution in [0.25, 0.3) is 0 Å². The molecule has 1 fully saturated rings. The molecule has 0 aromatic heterocycles. The van der Waals surface area contributed by atoms with Crippen molar-refractivity contribution >= 4 is 0 Å². The van der Waals surface area contributed by atoms with Crippen molar-refractivity contribution in [3.8, 4) is 11.8 Å². The molecular formula is C17H24N2O. The number of nitrogens with two attached hydrogens (primary N) is 1. The molecule has 3 nitrogen and oxygen atoms in total. The summed E-state index contributed by atoms with van der Waals surface area (Å²) in [7, 11) is 0. The Balaban J connectivity index is 1.95. The molecule has 3 heteroatoms. The third kappa shape index (κ3) is 4.64. The molecule has 1 atom stereocenters. The predicted octanol–water partition coefficient (Wildman–Crippen LogP) is 1.59. The van der Waals surface area contributed by atoms with Crippen molar-refractivity contribution in [3.63, 3.8) is 0 Å². The molecule has 1 aromatic carbocycles. The quantitative estimate of drug-likeness (QED) is 0.818. The Morgan fingerprint density at radius 3 is 3.10 bits per heavy atom. The fourth-order valence-corrected chi connectivity index (χ4v) is 2.87. The molecule has 1 heterocycles. The number of rotatable bonds is 4. The van der Waals surface area contributed by atoms with E-state index in [9.17, 15) is 0 Å². The number of nitrogens with zero attached hydrogens (tertiary/aromatic N) is 1. The van der Waals surface area contributed by atoms with Gasteiger partial charge >= 0.3 is 0 Å². The van der Waals surface area contributed by atoms with Gasteiger partial charge < -0.3 is 10.8 Å². The molecule has 0 aliphatic carbocycles. The maximum Gasteiger partial charge on any atom is 0.0555 e. The van der Waals surface area contributed by atoms with Crippen LogP contribution in [0, 0.1) is 17.8 Å². The lowest BCUT2D eigenvalue weighted by atomic mass is 9.95. The fraction of sp³-hybridized carbons (Fsp3) is 0.529. The van der Waals surface area contributed by atoms with E-state index in [1.807, 2.05) is 6.07 Å². The number of aliphatic hydroxyl groups excluding tert-OH is 1. The van der Waals surface area contributed by atoms with E-state index in [1.54, 1.807) is 0 Å². The Morgan fingerprint density at radius 1 is 1.40 bits per heavy atom. The van der Waals surface area contributed by atoms with Gasteiger partial charge in [-0.3, -0.25) is 4.90 Å². The fourth-order valence-electron chi connectivity index (χ4n) is 2.87. The zero-order chi connectivity index (χ0) is 14.2. The van der Waals surface area contributed by atoms with Gasteiger partial charge in [-0.05, 0) is 49.4 Å². The summed E-state index contributed by atoms with van der Waals surface area (Å²) in [5.41, 5.74) is 7.75. The van der Waals surface area contributed by atoms with Gasteiger partial charge in [0, 0.05) is 25.3 Å². The summed E-state index contributed by atoms with van der Waals surface area (Å²) < 4.78 is 0. The highest BCUT2D eigenvalue weighted by Gasteiger charge is 2.19. The Bertz CT molecular complexity index is 473. The number of aliphatic hydroxyl groups is 1. The molecule has 0 saturated carbocycles. The first-order chi connectivity index (χ1) is 9.81. The Morgan fingerprint density at radius 2 is 2.30 bits per heavy atom. The molecular weight excluding hydrogens is 248 g/mol. The second-order valence-corrected chi connectivity index (χ2v) is 5.46. The summed E-state index contributed by atoms with van der Waals surface area (Å²) in [6.45, 7) is 3.93. The Kier molecular flexibility index (Phi) is 6.07. The van der Waals surface area contributed by atoms with Crippen LogP contribution in [0.2, 0.25) is 0 Å². The second-order valence-electron chi connectivity index (χ2n) is 5.46. The van der Waals surface area contributed by atoms with Crippen LogP contribution in [0.15, 0.2) is 24.3 Å². The number of hydrogen-bond donors (Lipinski definition) is 2. The molecule has 3 N–H and O–H groups in total. The minimum Gasteiger partial charge on any atom is -0.396 e. The van der Waals surface area contributed by atoms with Gasteiger partial charge in [0.05, 0.1) is 6.54 Å². The normalized spacial score (nSPS) is 19.4. The highest BCUT2D eigenvalue weighted by Crippen LogP contribution is 2.21. The van der Waals surface area contributed by atoms with E-state index in [1.165, 1.54) is 18.4 Å². The molecule has 1 aliphatic rings. The molecule has 0 bridgehead atoms. The molecule has 2 rings (SSSR count). The van der Waals surface area contributed by atoms with Gasteiger partial charge in [0.1, 0.15) is 0 Å². The largest absolute Gasteiger partial charge is 0.396 e. The smallest absolute Gasteiger partial charge is 0.0555 e. The van der Waals surface area contributed by atoms with Crippen molar-refractivity contribution < 1.29 is 5.11 Å². The molecule has 108 valence electrons. The van der Waals surface area contributed by atoms with E-state index in [-0.39, 0.29) is 0 Å². The van der Waals surface area contributed by atoms with Crippen LogP contribution >= 0.6 is 0 Å². The van der Waals surface area contributed by atoms with Gasteiger partial charge in [0.2, 0.25) is 0 Å². The lowest BCUT2D eigenvalue weighted by Gasteiger charge is -2.32. The van der Waals surface area contributed by atoms with Gasteiger partial charge in [-0.15, -0.1) is 0 Å². The summed E-state index contributed by atoms with van der Waals surface area (Å²) in [5.74, 6) is 6.63. The van der Waals surface area contributed by atoms with Crippen LogP contribution in [0.3, 0.4) is 0 Å². The first-order valence-electron chi connectivity index (χ1n) is 7.43. The standard InChI is InChI=1S/C17H24N2O/c18-9-2-6-15-4-1-5-17(12-15)14-19-10-3-7-16(13-19)8-11-20/h1,4-5,12,16,20H,3,7-11,13-14,18H2. The molecule has 1 saturated heterocycles. The van der Waals surface area contributed by atoms with Crippen LogP contribution in [0.1, 0.15) is 30.4 Å². The van der Waals surface area contributed by atoms with Crippen LogP contribution in [0.4, 0.5) is 0 Å². The highest BCUT2D eigenvalue weighted by molar-refractivity contribution is 5.37. The third-order valence-corrected chi connectivity index (χ3v) is 3.81. The van der Waals surface area contributed by atoms with E-state index in [0.29, 0.717) is 19.1 Å². The molecule has 1 aliphatic heterocycles. The molecule has 20 heavy (non-hydrogen) atoms. The third-order valence-electron chi connectivity index (χ3n) is 3.81. The topological polar surface area (TPSA) is 49.5 Å². The average molecular weight is 272 g/mol. The average Bonchev–Trinajstić information content (AvgIpc) is 2.46. The van der Waals surface area contributed by atoms with E-state index in [2.05, 4.69) is 34.9 Å². The number of hydrogen-bond acceptors (Lipinski definition) is 3. The van der Waals surface area contributed by atoms with E-state index < -0.39 is 0 Å². The van der Waals surface area contributed by atoms with Crippen molar-refractivity contribution in [3.05, 3.63) is 35.4 Å². The van der Waals surface area contributed by atoms with Gasteiger partial charge in [0.15, 0.2) is 0 Å². The van der Waals surface area contributed by atoms with Crippen LogP contribution in [0.5, 0.6) is 0 Å². The number of benzene rings is 1. The van der Waals surface area contributed by atoms with Crippen molar-refractivity contribution in [2.75, 3.05) is 26.2 Å². The minimum absolute atomic E-state index is 0.308. The van der Waals surface area contributed by atoms with Crippen molar-refractivity contribution in [1.82, 2.24) is 4.90 Å². The molecule has 0 amide bonds. The van der Waals surface area contributed by atoms with Crippen LogP contribution in [-0.4, -0.2) is 36.2 Å². The zero-order valence-corrected chi connectivity index (χ0v) is 12.0. The molecule has 0 radical (unpaired) electrons. The van der Waals surface area contributed by atoms with Gasteiger partial charge in [-0.2, -0.15) is 0 Å². The SMILES string of the molecule is NCC#Cc1cccc(CN2CCCC(CCO)C2)c1. The molecule has 0 spiro atoms. The predicted molar refractivity (Wildman–Crippen MR) is 82.1 cm³/mol. The zero-order valence-electron chi connectivity index (χ0n) is 12.0. The maximum absolute atomic E-state index is 9.07.